The Bertz CT molecular complexity index is 665. The summed E-state index contributed by atoms with van der Waals surface area (Å²) in [6.45, 7) is 12.9. The monoisotopic (exact) mass is 577 g/mol. The smallest absolute Gasteiger partial charge is 0.191 e. The molecule has 2 N–H and O–H groups in total. The zero-order valence-corrected chi connectivity index (χ0v) is 22.3. The molecule has 0 saturated carbocycles. The second kappa shape index (κ2) is 16.5. The van der Waals surface area contributed by atoms with Crippen molar-refractivity contribution in [2.75, 3.05) is 83.7 Å². The normalized spacial score (nSPS) is 18.1. The molecule has 2 saturated heterocycles. The average Bonchev–Trinajstić information content (AvgIpc) is 2.83. The summed E-state index contributed by atoms with van der Waals surface area (Å²) in [5.74, 6) is 1.35. The Morgan fingerprint density at radius 2 is 1.85 bits per heavy atom. The minimum atomic E-state index is -0.181. The summed E-state index contributed by atoms with van der Waals surface area (Å²) >= 11 is 0. The highest BCUT2D eigenvalue weighted by Gasteiger charge is 2.17. The number of anilines is 1. The van der Waals surface area contributed by atoms with Gasteiger partial charge in [-0.05, 0) is 56.4 Å². The second-order valence-corrected chi connectivity index (χ2v) is 8.48. The number of benzene rings is 1. The summed E-state index contributed by atoms with van der Waals surface area (Å²) in [5, 5.41) is 6.77. The first-order valence-electron chi connectivity index (χ1n) is 12.1. The van der Waals surface area contributed by atoms with E-state index in [1.165, 1.54) is 12.1 Å². The van der Waals surface area contributed by atoms with Crippen molar-refractivity contribution in [1.29, 1.82) is 0 Å². The molecule has 1 aromatic carbocycles. The van der Waals surface area contributed by atoms with Crippen molar-refractivity contribution in [2.24, 2.45) is 10.9 Å². The van der Waals surface area contributed by atoms with Crippen molar-refractivity contribution in [3.8, 4) is 0 Å². The van der Waals surface area contributed by atoms with Crippen LogP contribution in [0, 0.1) is 11.7 Å². The number of hydrogen-bond donors (Lipinski definition) is 2. The predicted molar refractivity (Wildman–Crippen MR) is 143 cm³/mol. The van der Waals surface area contributed by atoms with Gasteiger partial charge in [0, 0.05) is 84.5 Å². The Labute approximate surface area is 215 Å². The van der Waals surface area contributed by atoms with Gasteiger partial charge in [0.05, 0.1) is 0 Å². The fraction of sp³-hybridized carbons (Fsp3) is 0.708. The molecular formula is C24H41FIN5O2. The minimum Gasteiger partial charge on any atom is -0.381 e. The molecule has 2 fully saturated rings. The zero-order chi connectivity index (χ0) is 22.4. The van der Waals surface area contributed by atoms with Crippen LogP contribution in [-0.2, 0) is 9.47 Å². The van der Waals surface area contributed by atoms with Crippen LogP contribution >= 0.6 is 24.0 Å². The number of guanidine groups is 1. The van der Waals surface area contributed by atoms with Crippen LogP contribution in [0.25, 0.3) is 0 Å². The summed E-state index contributed by atoms with van der Waals surface area (Å²) in [6, 6.07) is 6.79. The van der Waals surface area contributed by atoms with Crippen molar-refractivity contribution in [2.45, 2.75) is 26.2 Å². The van der Waals surface area contributed by atoms with Gasteiger partial charge in [-0.25, -0.2) is 4.39 Å². The maximum atomic E-state index is 13.1. The molecular weight excluding hydrogens is 536 g/mol. The van der Waals surface area contributed by atoms with Crippen molar-refractivity contribution < 1.29 is 13.9 Å². The van der Waals surface area contributed by atoms with Crippen LogP contribution in [0.5, 0.6) is 0 Å². The SMILES string of the molecule is CCNC(=NCCCOCC1CCOCC1)NCCN1CCN(c2ccc(F)cc2)CC1.I. The number of aliphatic imine (C=N–C) groups is 1. The quantitative estimate of drug-likeness (QED) is 0.183. The van der Waals surface area contributed by atoms with Gasteiger partial charge < -0.3 is 25.0 Å². The van der Waals surface area contributed by atoms with Gasteiger partial charge in [0.1, 0.15) is 5.82 Å². The van der Waals surface area contributed by atoms with Gasteiger partial charge in [-0.2, -0.15) is 0 Å². The fourth-order valence-electron chi connectivity index (χ4n) is 4.08. The van der Waals surface area contributed by atoms with E-state index >= 15 is 0 Å². The molecule has 33 heavy (non-hydrogen) atoms. The highest BCUT2D eigenvalue weighted by molar-refractivity contribution is 14.0. The lowest BCUT2D eigenvalue weighted by Gasteiger charge is -2.36. The van der Waals surface area contributed by atoms with E-state index in [1.54, 1.807) is 0 Å². The highest BCUT2D eigenvalue weighted by Crippen LogP contribution is 2.17. The van der Waals surface area contributed by atoms with E-state index in [9.17, 15) is 4.39 Å². The van der Waals surface area contributed by atoms with Crippen LogP contribution in [0.2, 0.25) is 0 Å². The lowest BCUT2D eigenvalue weighted by atomic mass is 10.0. The van der Waals surface area contributed by atoms with E-state index in [0.29, 0.717) is 5.92 Å². The molecule has 3 rings (SSSR count). The van der Waals surface area contributed by atoms with Gasteiger partial charge in [-0.3, -0.25) is 9.89 Å². The van der Waals surface area contributed by atoms with Crippen LogP contribution in [-0.4, -0.2) is 89.6 Å². The van der Waals surface area contributed by atoms with Crippen molar-refractivity contribution in [3.05, 3.63) is 30.1 Å². The largest absolute Gasteiger partial charge is 0.381 e. The third-order valence-corrected chi connectivity index (χ3v) is 6.04. The van der Waals surface area contributed by atoms with Gasteiger partial charge in [-0.1, -0.05) is 0 Å². The third kappa shape index (κ3) is 10.7. The van der Waals surface area contributed by atoms with E-state index in [0.717, 1.165) is 110 Å². The molecule has 0 bridgehead atoms. The van der Waals surface area contributed by atoms with Crippen LogP contribution in [0.3, 0.4) is 0 Å². The molecule has 188 valence electrons. The van der Waals surface area contributed by atoms with Gasteiger partial charge >= 0.3 is 0 Å². The van der Waals surface area contributed by atoms with E-state index in [4.69, 9.17) is 9.47 Å². The number of nitrogens with zero attached hydrogens (tertiary/aromatic N) is 3. The Balaban J connectivity index is 0.00000385. The maximum Gasteiger partial charge on any atom is 0.191 e. The van der Waals surface area contributed by atoms with Gasteiger partial charge in [0.2, 0.25) is 0 Å². The average molecular weight is 578 g/mol. The second-order valence-electron chi connectivity index (χ2n) is 8.48. The summed E-state index contributed by atoms with van der Waals surface area (Å²) in [5.41, 5.74) is 1.10. The first-order valence-corrected chi connectivity index (χ1v) is 12.1. The summed E-state index contributed by atoms with van der Waals surface area (Å²) in [7, 11) is 0. The number of halogens is 2. The zero-order valence-electron chi connectivity index (χ0n) is 19.9. The number of piperazine rings is 1. The third-order valence-electron chi connectivity index (χ3n) is 6.04. The Morgan fingerprint density at radius 3 is 2.55 bits per heavy atom. The van der Waals surface area contributed by atoms with Gasteiger partial charge in [-0.15, -0.1) is 24.0 Å². The van der Waals surface area contributed by atoms with Crippen molar-refractivity contribution in [3.63, 3.8) is 0 Å². The lowest BCUT2D eigenvalue weighted by molar-refractivity contribution is 0.0205. The summed E-state index contributed by atoms with van der Waals surface area (Å²) in [6.07, 6.45) is 3.17. The molecule has 0 amide bonds. The molecule has 0 atom stereocenters. The molecule has 2 aliphatic rings. The van der Waals surface area contributed by atoms with Crippen LogP contribution in [0.1, 0.15) is 26.2 Å². The number of rotatable bonds is 11. The first-order chi connectivity index (χ1) is 15.7. The van der Waals surface area contributed by atoms with Crippen molar-refractivity contribution in [1.82, 2.24) is 15.5 Å². The standard InChI is InChI=1S/C24H40FN5O2.HI/c1-2-26-24(27-10-3-17-32-20-21-8-18-31-19-9-21)28-11-12-29-13-15-30(16-14-29)23-6-4-22(25)5-7-23;/h4-7,21H,2-3,8-20H2,1H3,(H2,26,27,28);1H. The summed E-state index contributed by atoms with van der Waals surface area (Å²) < 4.78 is 24.3. The number of ether oxygens (including phenoxy) is 2. The molecule has 2 aliphatic heterocycles. The molecule has 0 radical (unpaired) electrons. The molecule has 0 aliphatic carbocycles. The fourth-order valence-corrected chi connectivity index (χ4v) is 4.08. The van der Waals surface area contributed by atoms with Crippen molar-refractivity contribution >= 4 is 35.6 Å². The van der Waals surface area contributed by atoms with Crippen LogP contribution in [0.15, 0.2) is 29.3 Å². The molecule has 0 aromatic heterocycles. The molecule has 9 heteroatoms. The highest BCUT2D eigenvalue weighted by atomic mass is 127. The predicted octanol–water partition coefficient (Wildman–Crippen LogP) is 2.95. The Morgan fingerprint density at radius 1 is 1.12 bits per heavy atom. The number of nitrogens with one attached hydrogen (secondary N) is 2. The maximum absolute atomic E-state index is 13.1. The number of hydrogen-bond acceptors (Lipinski definition) is 5. The molecule has 0 unspecified atom stereocenters. The Kier molecular flexibility index (Phi) is 14.0. The topological polar surface area (TPSA) is 61.4 Å². The molecule has 0 spiro atoms. The van der Waals surface area contributed by atoms with Gasteiger partial charge in [0.15, 0.2) is 5.96 Å². The van der Waals surface area contributed by atoms with Crippen LogP contribution in [0.4, 0.5) is 10.1 Å². The van der Waals surface area contributed by atoms with E-state index in [1.807, 2.05) is 12.1 Å². The lowest BCUT2D eigenvalue weighted by Crippen LogP contribution is -2.49. The summed E-state index contributed by atoms with van der Waals surface area (Å²) in [4.78, 5) is 9.45. The molecule has 1 aromatic rings. The Hall–Kier alpha value is -1.17. The minimum absolute atomic E-state index is 0. The first kappa shape index (κ1) is 28.1. The van der Waals surface area contributed by atoms with Gasteiger partial charge in [0.25, 0.3) is 0 Å². The molecule has 7 nitrogen and oxygen atoms in total. The van der Waals surface area contributed by atoms with E-state index < -0.39 is 0 Å². The van der Waals surface area contributed by atoms with E-state index in [2.05, 4.69) is 32.3 Å². The van der Waals surface area contributed by atoms with Crippen LogP contribution < -0.4 is 15.5 Å². The molecule has 2 heterocycles. The van der Waals surface area contributed by atoms with E-state index in [-0.39, 0.29) is 29.8 Å².